The van der Waals surface area contributed by atoms with E-state index in [-0.39, 0.29) is 12.8 Å². The second kappa shape index (κ2) is 7.17. The molecular weight excluding hydrogens is 302 g/mol. The van der Waals surface area contributed by atoms with E-state index in [1.807, 2.05) is 37.3 Å². The summed E-state index contributed by atoms with van der Waals surface area (Å²) in [6.07, 6.45) is 2.57. The van der Waals surface area contributed by atoms with Gasteiger partial charge in [0, 0.05) is 24.1 Å². The molecule has 1 amide bonds. The minimum absolute atomic E-state index is 0.118. The number of nitrogens with one attached hydrogen (secondary N) is 1. The Morgan fingerprint density at radius 1 is 1.26 bits per heavy atom. The van der Waals surface area contributed by atoms with Crippen molar-refractivity contribution in [2.75, 3.05) is 12.4 Å². The molecule has 6 heteroatoms. The van der Waals surface area contributed by atoms with Gasteiger partial charge in [-0.2, -0.15) is 0 Å². The van der Waals surface area contributed by atoms with Crippen LogP contribution in [0.15, 0.2) is 36.5 Å². The molecule has 0 atom stereocenters. The van der Waals surface area contributed by atoms with Crippen molar-refractivity contribution in [2.45, 2.75) is 25.7 Å². The highest BCUT2D eigenvalue weighted by atomic mass is 19.3. The standard InChI is InChI=1S/C14H14N2O2.C3H4F2/c1-10-3-4-11(16-9-17)7-13(10)14-6-5-12(18-2)8-15-14;4-3(5)1-2-3/h3-9H,1-2H3,(H,16,17);1-2H2. The molecule has 1 aliphatic carbocycles. The Morgan fingerprint density at radius 3 is 2.43 bits per heavy atom. The maximum absolute atomic E-state index is 11.1. The van der Waals surface area contributed by atoms with Crippen LogP contribution in [0, 0.1) is 6.92 Å². The number of halogens is 2. The van der Waals surface area contributed by atoms with Crippen molar-refractivity contribution in [1.29, 1.82) is 0 Å². The van der Waals surface area contributed by atoms with Crippen LogP contribution in [-0.4, -0.2) is 24.4 Å². The van der Waals surface area contributed by atoms with Crippen molar-refractivity contribution < 1.29 is 18.3 Å². The molecule has 1 aromatic carbocycles. The normalized spacial score (nSPS) is 14.3. The fraction of sp³-hybridized carbons (Fsp3) is 0.294. The number of amides is 1. The first-order chi connectivity index (χ1) is 10.9. The first-order valence-corrected chi connectivity index (χ1v) is 7.14. The van der Waals surface area contributed by atoms with Crippen LogP contribution >= 0.6 is 0 Å². The molecule has 0 spiro atoms. The van der Waals surface area contributed by atoms with Crippen LogP contribution in [0.1, 0.15) is 18.4 Å². The quantitative estimate of drug-likeness (QED) is 0.865. The van der Waals surface area contributed by atoms with Crippen LogP contribution < -0.4 is 10.1 Å². The third-order valence-corrected chi connectivity index (χ3v) is 3.34. The first kappa shape index (κ1) is 16.9. The zero-order valence-corrected chi connectivity index (χ0v) is 13.0. The number of pyridine rings is 1. The average molecular weight is 320 g/mol. The van der Waals surface area contributed by atoms with Gasteiger partial charge in [0.25, 0.3) is 0 Å². The van der Waals surface area contributed by atoms with Crippen LogP contribution in [0.3, 0.4) is 0 Å². The molecule has 0 saturated heterocycles. The molecule has 0 radical (unpaired) electrons. The van der Waals surface area contributed by atoms with Crippen LogP contribution in [-0.2, 0) is 4.79 Å². The zero-order valence-electron chi connectivity index (χ0n) is 13.0. The van der Waals surface area contributed by atoms with Gasteiger partial charge in [-0.05, 0) is 36.8 Å². The molecule has 23 heavy (non-hydrogen) atoms. The number of hydrogen-bond acceptors (Lipinski definition) is 3. The Morgan fingerprint density at radius 2 is 1.96 bits per heavy atom. The Bertz CT molecular complexity index is 667. The van der Waals surface area contributed by atoms with Gasteiger partial charge in [-0.25, -0.2) is 8.78 Å². The molecule has 1 N–H and O–H groups in total. The lowest BCUT2D eigenvalue weighted by molar-refractivity contribution is -0.105. The third-order valence-electron chi connectivity index (χ3n) is 3.34. The molecule has 1 saturated carbocycles. The van der Waals surface area contributed by atoms with E-state index in [4.69, 9.17) is 4.74 Å². The van der Waals surface area contributed by atoms with Crippen molar-refractivity contribution >= 4 is 12.1 Å². The third kappa shape index (κ3) is 5.02. The summed E-state index contributed by atoms with van der Waals surface area (Å²) in [5, 5.41) is 2.63. The van der Waals surface area contributed by atoms with Crippen molar-refractivity contribution in [2.24, 2.45) is 0 Å². The van der Waals surface area contributed by atoms with E-state index in [0.29, 0.717) is 6.41 Å². The van der Waals surface area contributed by atoms with Gasteiger partial charge in [0.2, 0.25) is 12.3 Å². The molecule has 0 aliphatic heterocycles. The lowest BCUT2D eigenvalue weighted by atomic mass is 10.0. The number of alkyl halides is 2. The van der Waals surface area contributed by atoms with Gasteiger partial charge in [0.1, 0.15) is 5.75 Å². The Kier molecular flexibility index (Phi) is 5.26. The smallest absolute Gasteiger partial charge is 0.248 e. The predicted octanol–water partition coefficient (Wildman–Crippen LogP) is 4.05. The van der Waals surface area contributed by atoms with Crippen LogP contribution in [0.5, 0.6) is 5.75 Å². The number of ether oxygens (including phenoxy) is 1. The van der Waals surface area contributed by atoms with Crippen LogP contribution in [0.25, 0.3) is 11.3 Å². The fourth-order valence-electron chi connectivity index (χ4n) is 1.81. The summed E-state index contributed by atoms with van der Waals surface area (Å²) >= 11 is 0. The molecule has 2 aromatic rings. The lowest BCUT2D eigenvalue weighted by Gasteiger charge is -2.08. The number of carbonyl (C=O) groups is 1. The van der Waals surface area contributed by atoms with E-state index in [1.165, 1.54) is 0 Å². The zero-order chi connectivity index (χ0) is 16.9. The van der Waals surface area contributed by atoms with Gasteiger partial charge in [-0.15, -0.1) is 0 Å². The highest BCUT2D eigenvalue weighted by Crippen LogP contribution is 2.40. The van der Waals surface area contributed by atoms with Crippen molar-refractivity contribution in [3.8, 4) is 17.0 Å². The van der Waals surface area contributed by atoms with Gasteiger partial charge in [0.05, 0.1) is 19.0 Å². The van der Waals surface area contributed by atoms with Gasteiger partial charge in [-0.3, -0.25) is 9.78 Å². The summed E-state index contributed by atoms with van der Waals surface area (Å²) in [6, 6.07) is 9.47. The number of methoxy groups -OCH3 is 1. The monoisotopic (exact) mass is 320 g/mol. The van der Waals surface area contributed by atoms with Gasteiger partial charge in [-0.1, -0.05) is 6.07 Å². The SMILES string of the molecule is COc1ccc(-c2cc(NC=O)ccc2C)nc1.FC1(F)CC1. The molecule has 1 aliphatic rings. The number of aromatic nitrogens is 1. The van der Waals surface area contributed by atoms with E-state index in [1.54, 1.807) is 13.3 Å². The molecule has 0 unspecified atom stereocenters. The molecule has 3 rings (SSSR count). The molecule has 1 fully saturated rings. The summed E-state index contributed by atoms with van der Waals surface area (Å²) in [6.45, 7) is 2.01. The molecule has 122 valence electrons. The predicted molar refractivity (Wildman–Crippen MR) is 84.8 cm³/mol. The average Bonchev–Trinajstić information content (AvgIpc) is 3.25. The van der Waals surface area contributed by atoms with Crippen LogP contribution in [0.2, 0.25) is 0 Å². The summed E-state index contributed by atoms with van der Waals surface area (Å²) in [5.41, 5.74) is 3.69. The van der Waals surface area contributed by atoms with Gasteiger partial charge in [0.15, 0.2) is 0 Å². The number of hydrogen-bond donors (Lipinski definition) is 1. The van der Waals surface area contributed by atoms with E-state index in [2.05, 4.69) is 10.3 Å². The van der Waals surface area contributed by atoms with E-state index >= 15 is 0 Å². The number of benzene rings is 1. The Hall–Kier alpha value is -2.50. The molecule has 4 nitrogen and oxygen atoms in total. The minimum Gasteiger partial charge on any atom is -0.495 e. The van der Waals surface area contributed by atoms with Crippen molar-refractivity contribution in [3.63, 3.8) is 0 Å². The second-order valence-corrected chi connectivity index (χ2v) is 5.23. The van der Waals surface area contributed by atoms with Gasteiger partial charge >= 0.3 is 0 Å². The van der Waals surface area contributed by atoms with E-state index < -0.39 is 5.92 Å². The highest BCUT2D eigenvalue weighted by molar-refractivity contribution is 5.76. The maximum atomic E-state index is 11.1. The summed E-state index contributed by atoms with van der Waals surface area (Å²) in [7, 11) is 1.61. The second-order valence-electron chi connectivity index (χ2n) is 5.23. The van der Waals surface area contributed by atoms with Crippen LogP contribution in [0.4, 0.5) is 14.5 Å². The minimum atomic E-state index is -2.25. The summed E-state index contributed by atoms with van der Waals surface area (Å²) in [5.74, 6) is -1.53. The Labute approximate surface area is 133 Å². The number of rotatable bonds is 4. The van der Waals surface area contributed by atoms with E-state index in [9.17, 15) is 13.6 Å². The Balaban J connectivity index is 0.000000326. The lowest BCUT2D eigenvalue weighted by Crippen LogP contribution is -1.95. The molecular formula is C17H18F2N2O2. The summed E-state index contributed by atoms with van der Waals surface area (Å²) in [4.78, 5) is 14.8. The van der Waals surface area contributed by atoms with Crippen molar-refractivity contribution in [1.82, 2.24) is 4.98 Å². The molecule has 1 heterocycles. The van der Waals surface area contributed by atoms with E-state index in [0.717, 1.165) is 28.3 Å². The largest absolute Gasteiger partial charge is 0.495 e. The number of carbonyl (C=O) groups excluding carboxylic acids is 1. The molecule has 1 aromatic heterocycles. The molecule has 0 bridgehead atoms. The summed E-state index contributed by atoms with van der Waals surface area (Å²) < 4.78 is 27.3. The topological polar surface area (TPSA) is 51.2 Å². The number of anilines is 1. The van der Waals surface area contributed by atoms with Crippen molar-refractivity contribution in [3.05, 3.63) is 42.1 Å². The highest BCUT2D eigenvalue weighted by Gasteiger charge is 2.43. The number of nitrogens with zero attached hydrogens (tertiary/aromatic N) is 1. The number of aryl methyl sites for hydroxylation is 1. The fourth-order valence-corrected chi connectivity index (χ4v) is 1.81. The van der Waals surface area contributed by atoms with Gasteiger partial charge < -0.3 is 10.1 Å². The maximum Gasteiger partial charge on any atom is 0.248 e. The first-order valence-electron chi connectivity index (χ1n) is 7.14.